The van der Waals surface area contributed by atoms with E-state index < -0.39 is 0 Å². The first kappa shape index (κ1) is 15.8. The largest absolute Gasteiger partial charge is 0.463 e. The number of aliphatic imine (C=N–C) groups is 1. The lowest BCUT2D eigenvalue weighted by Crippen LogP contribution is -2.48. The zero-order chi connectivity index (χ0) is 17.5. The van der Waals surface area contributed by atoms with Crippen molar-refractivity contribution < 1.29 is 9.13 Å². The Kier molecular flexibility index (Phi) is 3.89. The number of nitrogens with zero attached hydrogens (tertiary/aromatic N) is 2. The highest BCUT2D eigenvalue weighted by Gasteiger charge is 2.37. The molecule has 0 amide bonds. The molecule has 26 heavy (non-hydrogen) atoms. The van der Waals surface area contributed by atoms with E-state index in [1.807, 2.05) is 12.1 Å². The van der Waals surface area contributed by atoms with E-state index in [1.54, 1.807) is 0 Å². The van der Waals surface area contributed by atoms with Crippen molar-refractivity contribution in [1.82, 2.24) is 10.2 Å². The fourth-order valence-corrected chi connectivity index (χ4v) is 4.14. The van der Waals surface area contributed by atoms with E-state index in [0.29, 0.717) is 12.5 Å². The molecule has 134 valence electrons. The van der Waals surface area contributed by atoms with Crippen LogP contribution in [0.3, 0.4) is 0 Å². The summed E-state index contributed by atoms with van der Waals surface area (Å²) in [6.07, 6.45) is 0.964. The minimum absolute atomic E-state index is 0.0116. The fraction of sp³-hybridized carbons (Fsp3) is 0.381. The van der Waals surface area contributed by atoms with Crippen LogP contribution in [-0.4, -0.2) is 43.2 Å². The van der Waals surface area contributed by atoms with Crippen molar-refractivity contribution in [2.45, 2.75) is 18.5 Å². The molecule has 5 rings (SSSR count). The Balaban J connectivity index is 1.52. The van der Waals surface area contributed by atoms with E-state index in [2.05, 4.69) is 34.5 Å². The Hall–Kier alpha value is -2.40. The molecule has 0 spiro atoms. The van der Waals surface area contributed by atoms with Crippen molar-refractivity contribution in [1.29, 1.82) is 0 Å². The molecule has 2 aromatic rings. The monoisotopic (exact) mass is 351 g/mol. The summed E-state index contributed by atoms with van der Waals surface area (Å²) in [4.78, 5) is 7.16. The second-order valence-corrected chi connectivity index (χ2v) is 7.30. The second-order valence-electron chi connectivity index (χ2n) is 7.30. The number of hydrogen-bond acceptors (Lipinski definition) is 4. The van der Waals surface area contributed by atoms with Crippen LogP contribution in [0.15, 0.2) is 53.5 Å². The highest BCUT2D eigenvalue weighted by atomic mass is 19.1. The first-order valence-corrected chi connectivity index (χ1v) is 9.31. The maximum absolute atomic E-state index is 13.5. The third-order valence-electron chi connectivity index (χ3n) is 5.73. The van der Waals surface area contributed by atoms with Crippen molar-refractivity contribution in [3.05, 3.63) is 71.0 Å². The van der Waals surface area contributed by atoms with Crippen molar-refractivity contribution in [2.24, 2.45) is 10.9 Å². The van der Waals surface area contributed by atoms with Crippen LogP contribution in [0.25, 0.3) is 0 Å². The van der Waals surface area contributed by atoms with Gasteiger partial charge in [-0.2, -0.15) is 0 Å². The molecular weight excluding hydrogens is 329 g/mol. The van der Waals surface area contributed by atoms with Crippen LogP contribution in [0.2, 0.25) is 0 Å². The zero-order valence-corrected chi connectivity index (χ0v) is 14.6. The van der Waals surface area contributed by atoms with Gasteiger partial charge in [0.2, 0.25) is 0 Å². The van der Waals surface area contributed by atoms with E-state index >= 15 is 0 Å². The molecule has 2 aromatic carbocycles. The quantitative estimate of drug-likeness (QED) is 0.904. The molecule has 1 fully saturated rings. The van der Waals surface area contributed by atoms with Gasteiger partial charge < -0.3 is 15.0 Å². The SMILES string of the molecule is Fc1ccc([C@H]2c3ccccc3CCN2C2=N[C@@H](C3CNC3)CO2)cc1. The Bertz CT molecular complexity index is 831. The zero-order valence-electron chi connectivity index (χ0n) is 14.6. The van der Waals surface area contributed by atoms with Crippen LogP contribution >= 0.6 is 0 Å². The number of amidine groups is 1. The number of fused-ring (bicyclic) bond motifs is 1. The van der Waals surface area contributed by atoms with E-state index in [4.69, 9.17) is 9.73 Å². The van der Waals surface area contributed by atoms with Gasteiger partial charge in [-0.05, 0) is 35.2 Å². The van der Waals surface area contributed by atoms with Crippen molar-refractivity contribution >= 4 is 6.02 Å². The van der Waals surface area contributed by atoms with Gasteiger partial charge >= 0.3 is 0 Å². The smallest absolute Gasteiger partial charge is 0.288 e. The van der Waals surface area contributed by atoms with Crippen LogP contribution in [-0.2, 0) is 11.2 Å². The molecule has 1 N–H and O–H groups in total. The molecule has 0 bridgehead atoms. The van der Waals surface area contributed by atoms with Gasteiger partial charge in [0.05, 0.1) is 12.1 Å². The summed E-state index contributed by atoms with van der Waals surface area (Å²) in [5.41, 5.74) is 3.67. The number of hydrogen-bond donors (Lipinski definition) is 1. The van der Waals surface area contributed by atoms with Crippen molar-refractivity contribution in [2.75, 3.05) is 26.2 Å². The summed E-state index contributed by atoms with van der Waals surface area (Å²) in [5, 5.41) is 3.31. The van der Waals surface area contributed by atoms with Crippen LogP contribution in [0, 0.1) is 11.7 Å². The molecule has 4 nitrogen and oxygen atoms in total. The summed E-state index contributed by atoms with van der Waals surface area (Å²) in [6.45, 7) is 3.56. The molecule has 0 aliphatic carbocycles. The van der Waals surface area contributed by atoms with Crippen molar-refractivity contribution in [3.63, 3.8) is 0 Å². The lowest BCUT2D eigenvalue weighted by molar-refractivity contribution is 0.198. The highest BCUT2D eigenvalue weighted by Crippen LogP contribution is 2.36. The highest BCUT2D eigenvalue weighted by molar-refractivity contribution is 5.77. The number of rotatable bonds is 2. The molecule has 3 heterocycles. The molecular formula is C21H22FN3O. The number of nitrogens with one attached hydrogen (secondary N) is 1. The van der Waals surface area contributed by atoms with Crippen LogP contribution in [0.1, 0.15) is 22.7 Å². The van der Waals surface area contributed by atoms with E-state index in [1.165, 1.54) is 23.3 Å². The van der Waals surface area contributed by atoms with E-state index in [9.17, 15) is 4.39 Å². The van der Waals surface area contributed by atoms with Gasteiger partial charge in [-0.15, -0.1) is 0 Å². The minimum atomic E-state index is -0.212. The van der Waals surface area contributed by atoms with E-state index in [-0.39, 0.29) is 17.9 Å². The standard InChI is InChI=1S/C21H22FN3O/c22-17-7-5-15(6-8-17)20-18-4-2-1-3-14(18)9-10-25(20)21-24-19(13-26-21)16-11-23-12-16/h1-8,16,19-20,23H,9-13H2/t19-,20+/m1/s1. The van der Waals surface area contributed by atoms with Gasteiger partial charge in [0, 0.05) is 25.6 Å². The predicted molar refractivity (Wildman–Crippen MR) is 98.6 cm³/mol. The third kappa shape index (κ3) is 2.67. The predicted octanol–water partition coefficient (Wildman–Crippen LogP) is 2.75. The number of benzene rings is 2. The summed E-state index contributed by atoms with van der Waals surface area (Å²) in [5.74, 6) is 0.366. The molecule has 0 saturated carbocycles. The second kappa shape index (κ2) is 6.40. The van der Waals surface area contributed by atoms with E-state index in [0.717, 1.165) is 37.6 Å². The minimum Gasteiger partial charge on any atom is -0.463 e. The Morgan fingerprint density at radius 3 is 2.65 bits per heavy atom. The first-order chi connectivity index (χ1) is 12.8. The van der Waals surface area contributed by atoms with Gasteiger partial charge in [-0.25, -0.2) is 9.38 Å². The summed E-state index contributed by atoms with van der Waals surface area (Å²) < 4.78 is 19.5. The van der Waals surface area contributed by atoms with Gasteiger partial charge in [0.25, 0.3) is 6.02 Å². The van der Waals surface area contributed by atoms with Gasteiger partial charge in [-0.1, -0.05) is 36.4 Å². The van der Waals surface area contributed by atoms with Crippen LogP contribution < -0.4 is 5.32 Å². The maximum Gasteiger partial charge on any atom is 0.288 e. The van der Waals surface area contributed by atoms with Gasteiger partial charge in [-0.3, -0.25) is 0 Å². The normalized spacial score (nSPS) is 25.3. The molecule has 1 saturated heterocycles. The Morgan fingerprint density at radius 2 is 1.88 bits per heavy atom. The summed E-state index contributed by atoms with van der Waals surface area (Å²) >= 11 is 0. The first-order valence-electron chi connectivity index (χ1n) is 9.31. The maximum atomic E-state index is 13.5. The summed E-state index contributed by atoms with van der Waals surface area (Å²) in [6, 6.07) is 16.3. The third-order valence-corrected chi connectivity index (χ3v) is 5.73. The average Bonchev–Trinajstić information content (AvgIpc) is 3.09. The Morgan fingerprint density at radius 1 is 1.08 bits per heavy atom. The molecule has 0 aromatic heterocycles. The fourth-order valence-electron chi connectivity index (χ4n) is 4.14. The van der Waals surface area contributed by atoms with Gasteiger partial charge in [0.1, 0.15) is 12.4 Å². The number of ether oxygens (including phenoxy) is 1. The molecule has 0 radical (unpaired) electrons. The molecule has 2 atom stereocenters. The summed E-state index contributed by atoms with van der Waals surface area (Å²) in [7, 11) is 0. The van der Waals surface area contributed by atoms with Crippen LogP contribution in [0.5, 0.6) is 0 Å². The Labute approximate surface area is 152 Å². The topological polar surface area (TPSA) is 36.9 Å². The molecule has 5 heteroatoms. The number of halogens is 1. The van der Waals surface area contributed by atoms with Crippen LogP contribution in [0.4, 0.5) is 4.39 Å². The molecule has 0 unspecified atom stereocenters. The average molecular weight is 351 g/mol. The molecule has 3 aliphatic rings. The van der Waals surface area contributed by atoms with Gasteiger partial charge in [0.15, 0.2) is 0 Å². The van der Waals surface area contributed by atoms with Crippen molar-refractivity contribution in [3.8, 4) is 0 Å². The molecule has 3 aliphatic heterocycles. The lowest BCUT2D eigenvalue weighted by Gasteiger charge is -2.38. The lowest BCUT2D eigenvalue weighted by atomic mass is 9.88.